The number of nitro groups is 1. The van der Waals surface area contributed by atoms with Gasteiger partial charge in [-0.2, -0.15) is 0 Å². The number of benzene rings is 2. The molecule has 2 amide bonds. The normalized spacial score (nSPS) is 15.5. The van der Waals surface area contributed by atoms with Crippen molar-refractivity contribution in [3.63, 3.8) is 0 Å². The Morgan fingerprint density at radius 3 is 2.40 bits per heavy atom. The third-order valence-electron chi connectivity index (χ3n) is 5.35. The van der Waals surface area contributed by atoms with Crippen molar-refractivity contribution in [1.29, 1.82) is 0 Å². The summed E-state index contributed by atoms with van der Waals surface area (Å²) in [6, 6.07) is 13.4. The van der Waals surface area contributed by atoms with E-state index < -0.39 is 11.0 Å². The van der Waals surface area contributed by atoms with Crippen LogP contribution in [-0.4, -0.2) is 40.8 Å². The topological polar surface area (TPSA) is 105 Å². The SMILES string of the molecule is CC(=O)N1CCC(NC(C(=O)Nc2ccc(C)cc2[N+](=O)[O-])c2ccccc2)CC1. The smallest absolute Gasteiger partial charge is 0.293 e. The second-order valence-electron chi connectivity index (χ2n) is 7.56. The first-order valence-electron chi connectivity index (χ1n) is 9.97. The number of hydrogen-bond donors (Lipinski definition) is 2. The van der Waals surface area contributed by atoms with Crippen molar-refractivity contribution in [3.8, 4) is 0 Å². The van der Waals surface area contributed by atoms with Gasteiger partial charge in [-0.15, -0.1) is 0 Å². The molecule has 2 N–H and O–H groups in total. The molecule has 0 radical (unpaired) electrons. The van der Waals surface area contributed by atoms with Crippen molar-refractivity contribution in [2.45, 2.75) is 38.8 Å². The van der Waals surface area contributed by atoms with E-state index in [1.165, 1.54) is 6.07 Å². The van der Waals surface area contributed by atoms with E-state index in [9.17, 15) is 19.7 Å². The zero-order valence-electron chi connectivity index (χ0n) is 17.1. The van der Waals surface area contributed by atoms with Crippen molar-refractivity contribution in [3.05, 3.63) is 69.8 Å². The molecule has 2 aromatic carbocycles. The van der Waals surface area contributed by atoms with Crippen molar-refractivity contribution in [2.24, 2.45) is 0 Å². The Kier molecular flexibility index (Phi) is 6.79. The fourth-order valence-corrected chi connectivity index (χ4v) is 3.67. The molecule has 1 aliphatic rings. The molecule has 8 nitrogen and oxygen atoms in total. The number of carbonyl (C=O) groups excluding carboxylic acids is 2. The quantitative estimate of drug-likeness (QED) is 0.562. The van der Waals surface area contributed by atoms with Crippen molar-refractivity contribution in [1.82, 2.24) is 10.2 Å². The number of nitrogens with one attached hydrogen (secondary N) is 2. The number of nitro benzene ring substituents is 1. The minimum Gasteiger partial charge on any atom is -0.343 e. The summed E-state index contributed by atoms with van der Waals surface area (Å²) in [6.07, 6.45) is 1.47. The van der Waals surface area contributed by atoms with E-state index in [2.05, 4.69) is 10.6 Å². The molecule has 3 rings (SSSR count). The molecule has 1 fully saturated rings. The number of anilines is 1. The molecule has 1 aliphatic heterocycles. The van der Waals surface area contributed by atoms with Gasteiger partial charge in [-0.1, -0.05) is 36.4 Å². The number of piperidine rings is 1. The van der Waals surface area contributed by atoms with Crippen molar-refractivity contribution in [2.75, 3.05) is 18.4 Å². The molecule has 158 valence electrons. The van der Waals surface area contributed by atoms with Crippen LogP contribution in [0, 0.1) is 17.0 Å². The van der Waals surface area contributed by atoms with Crippen LogP contribution < -0.4 is 10.6 Å². The molecule has 0 aliphatic carbocycles. The first-order chi connectivity index (χ1) is 14.3. The van der Waals surface area contributed by atoms with E-state index in [-0.39, 0.29) is 29.2 Å². The molecule has 0 saturated carbocycles. The van der Waals surface area contributed by atoms with Crippen LogP contribution in [0.2, 0.25) is 0 Å². The lowest BCUT2D eigenvalue weighted by Crippen LogP contribution is -2.47. The minimum absolute atomic E-state index is 0.0532. The Balaban J connectivity index is 1.79. The van der Waals surface area contributed by atoms with Crippen LogP contribution in [0.5, 0.6) is 0 Å². The lowest BCUT2D eigenvalue weighted by molar-refractivity contribution is -0.384. The molecule has 0 spiro atoms. The summed E-state index contributed by atoms with van der Waals surface area (Å²) in [5.74, 6) is -0.306. The van der Waals surface area contributed by atoms with Crippen LogP contribution in [0.3, 0.4) is 0 Å². The van der Waals surface area contributed by atoms with Crippen LogP contribution in [0.4, 0.5) is 11.4 Å². The number of rotatable bonds is 6. The molecule has 1 unspecified atom stereocenters. The lowest BCUT2D eigenvalue weighted by Gasteiger charge is -2.34. The summed E-state index contributed by atoms with van der Waals surface area (Å²) in [7, 11) is 0. The number of amides is 2. The van der Waals surface area contributed by atoms with Crippen LogP contribution in [0.25, 0.3) is 0 Å². The van der Waals surface area contributed by atoms with Crippen LogP contribution >= 0.6 is 0 Å². The van der Waals surface area contributed by atoms with Gasteiger partial charge in [0.25, 0.3) is 5.69 Å². The standard InChI is InChI=1S/C22H26N4O4/c1-15-8-9-19(20(14-15)26(29)30)24-22(28)21(17-6-4-3-5-7-17)23-18-10-12-25(13-11-18)16(2)27/h3-9,14,18,21,23H,10-13H2,1-2H3,(H,24,28). The maximum Gasteiger partial charge on any atom is 0.293 e. The Hall–Kier alpha value is -3.26. The number of nitrogens with zero attached hydrogens (tertiary/aromatic N) is 2. The highest BCUT2D eigenvalue weighted by Crippen LogP contribution is 2.27. The predicted octanol–water partition coefficient (Wildman–Crippen LogP) is 3.18. The molecule has 0 aromatic heterocycles. The largest absolute Gasteiger partial charge is 0.343 e. The van der Waals surface area contributed by atoms with Crippen LogP contribution in [-0.2, 0) is 9.59 Å². The van der Waals surface area contributed by atoms with Gasteiger partial charge in [0.2, 0.25) is 11.8 Å². The fraction of sp³-hybridized carbons (Fsp3) is 0.364. The van der Waals surface area contributed by atoms with Gasteiger partial charge in [-0.05, 0) is 37.0 Å². The highest BCUT2D eigenvalue weighted by Gasteiger charge is 2.28. The number of carbonyl (C=O) groups is 2. The summed E-state index contributed by atoms with van der Waals surface area (Å²) >= 11 is 0. The second-order valence-corrected chi connectivity index (χ2v) is 7.56. The summed E-state index contributed by atoms with van der Waals surface area (Å²) < 4.78 is 0. The van der Waals surface area contributed by atoms with Gasteiger partial charge < -0.3 is 10.2 Å². The molecule has 1 atom stereocenters. The summed E-state index contributed by atoms with van der Waals surface area (Å²) in [5, 5.41) is 17.5. The summed E-state index contributed by atoms with van der Waals surface area (Å²) in [4.78, 5) is 37.4. The van der Waals surface area contributed by atoms with Crippen LogP contribution in [0.15, 0.2) is 48.5 Å². The zero-order chi connectivity index (χ0) is 21.7. The summed E-state index contributed by atoms with van der Waals surface area (Å²) in [6.45, 7) is 4.60. The van der Waals surface area contributed by atoms with E-state index in [1.54, 1.807) is 30.9 Å². The van der Waals surface area contributed by atoms with Gasteiger partial charge in [0, 0.05) is 32.1 Å². The van der Waals surface area contributed by atoms with E-state index in [0.717, 1.165) is 24.0 Å². The van der Waals surface area contributed by atoms with Gasteiger partial charge in [-0.3, -0.25) is 25.0 Å². The monoisotopic (exact) mass is 410 g/mol. The third kappa shape index (κ3) is 5.21. The first kappa shape index (κ1) is 21.4. The van der Waals surface area contributed by atoms with Crippen molar-refractivity contribution < 1.29 is 14.5 Å². The molecule has 0 bridgehead atoms. The van der Waals surface area contributed by atoms with E-state index in [0.29, 0.717) is 13.1 Å². The van der Waals surface area contributed by atoms with Crippen molar-refractivity contribution >= 4 is 23.2 Å². The molecule has 2 aromatic rings. The number of hydrogen-bond acceptors (Lipinski definition) is 5. The lowest BCUT2D eigenvalue weighted by atomic mass is 10.00. The number of likely N-dealkylation sites (tertiary alicyclic amines) is 1. The average Bonchev–Trinajstić information content (AvgIpc) is 2.74. The highest BCUT2D eigenvalue weighted by molar-refractivity contribution is 5.97. The Labute approximate surface area is 175 Å². The third-order valence-corrected chi connectivity index (χ3v) is 5.35. The zero-order valence-corrected chi connectivity index (χ0v) is 17.1. The van der Waals surface area contributed by atoms with Gasteiger partial charge >= 0.3 is 0 Å². The van der Waals surface area contributed by atoms with Gasteiger partial charge in [0.1, 0.15) is 11.7 Å². The predicted molar refractivity (Wildman–Crippen MR) is 114 cm³/mol. The number of aryl methyl sites for hydroxylation is 1. The molecule has 1 saturated heterocycles. The Bertz CT molecular complexity index is 924. The Morgan fingerprint density at radius 1 is 1.13 bits per heavy atom. The maximum atomic E-state index is 13.2. The van der Waals surface area contributed by atoms with E-state index in [1.807, 2.05) is 30.3 Å². The summed E-state index contributed by atoms with van der Waals surface area (Å²) in [5.41, 5.74) is 1.56. The van der Waals surface area contributed by atoms with E-state index >= 15 is 0 Å². The van der Waals surface area contributed by atoms with Crippen LogP contribution in [0.1, 0.15) is 36.9 Å². The second kappa shape index (κ2) is 9.49. The average molecular weight is 410 g/mol. The molecule has 1 heterocycles. The van der Waals surface area contributed by atoms with Gasteiger partial charge in [-0.25, -0.2) is 0 Å². The molecular weight excluding hydrogens is 384 g/mol. The molecule has 30 heavy (non-hydrogen) atoms. The molecule has 8 heteroatoms. The first-order valence-corrected chi connectivity index (χ1v) is 9.97. The maximum absolute atomic E-state index is 13.2. The van der Waals surface area contributed by atoms with Gasteiger partial charge in [0.05, 0.1) is 4.92 Å². The fourth-order valence-electron chi connectivity index (χ4n) is 3.67. The Morgan fingerprint density at radius 2 is 1.80 bits per heavy atom. The molecular formula is C22H26N4O4. The van der Waals surface area contributed by atoms with Gasteiger partial charge in [0.15, 0.2) is 0 Å². The van der Waals surface area contributed by atoms with E-state index in [4.69, 9.17) is 0 Å². The minimum atomic E-state index is -0.666. The highest BCUT2D eigenvalue weighted by atomic mass is 16.6.